The van der Waals surface area contributed by atoms with Crippen LogP contribution in [0.5, 0.6) is 5.75 Å². The predicted octanol–water partition coefficient (Wildman–Crippen LogP) is 11.6. The number of carbonyl (C=O) groups is 1. The van der Waals surface area contributed by atoms with Gasteiger partial charge in [-0.2, -0.15) is 0 Å². The third-order valence-corrected chi connectivity index (χ3v) is 10.6. The molecule has 1 aliphatic rings. The molecule has 0 unspecified atom stereocenters. The first kappa shape index (κ1) is 36.0. The normalized spacial score (nSPS) is 15.6. The Bertz CT molecular complexity index is 1690. The molecule has 2 N–H and O–H groups in total. The molecular formula is C42H55N2O3P. The van der Waals surface area contributed by atoms with E-state index >= 15 is 0 Å². The number of aromatic nitrogens is 1. The maximum atomic E-state index is 12.8. The standard InChI is InChI=1S/C42H55N2O3P/c43-42(45)37-26-19-27-39-40(37)38-31-36(47-28-29-48-46)30-35(25-18-11-10-13-20-33-21-16-12-17-22-33)41(38)44(39)32-34-23-14-8-6-4-2-1-3-5-7-9-15-24-34/h12,16-17,19,21-22,26-27,30-31,34H,1-11,13-15,18,20,23-25,28,32H2,(H2,43,45). The van der Waals surface area contributed by atoms with Crippen LogP contribution < -0.4 is 10.5 Å². The fourth-order valence-electron chi connectivity index (χ4n) is 7.84. The number of primary amides is 1. The van der Waals surface area contributed by atoms with Gasteiger partial charge in [-0.25, -0.2) is 0 Å². The molecule has 0 radical (unpaired) electrons. The fraction of sp³-hybridized carbons (Fsp3) is 0.524. The summed E-state index contributed by atoms with van der Waals surface area (Å²) >= 11 is 0. The number of benzene rings is 3. The van der Waals surface area contributed by atoms with Crippen LogP contribution >= 0.6 is 7.92 Å². The van der Waals surface area contributed by atoms with Gasteiger partial charge in [0.15, 0.2) is 0 Å². The van der Waals surface area contributed by atoms with Crippen molar-refractivity contribution in [2.75, 3.05) is 6.61 Å². The summed E-state index contributed by atoms with van der Waals surface area (Å²) in [7, 11) is -0.165. The van der Waals surface area contributed by atoms with Gasteiger partial charge < -0.3 is 0 Å². The Balaban J connectivity index is 1.46. The molecule has 0 spiro atoms. The number of hydrogen-bond acceptors (Lipinski definition) is 3. The molecule has 48 heavy (non-hydrogen) atoms. The third kappa shape index (κ3) is 10.4. The minimum absolute atomic E-state index is 0.138. The summed E-state index contributed by atoms with van der Waals surface area (Å²) in [5.41, 5.74) is 14.2. The van der Waals surface area contributed by atoms with Crippen molar-refractivity contribution in [2.24, 2.45) is 11.7 Å². The van der Waals surface area contributed by atoms with Crippen LogP contribution in [0, 0.1) is 11.5 Å². The van der Waals surface area contributed by atoms with Gasteiger partial charge in [0, 0.05) is 0 Å². The molecule has 6 heteroatoms. The van der Waals surface area contributed by atoms with Crippen molar-refractivity contribution in [1.29, 1.82) is 0 Å². The Labute approximate surface area is 289 Å². The van der Waals surface area contributed by atoms with Crippen LogP contribution in [0.3, 0.4) is 0 Å². The molecule has 1 aliphatic carbocycles. The van der Waals surface area contributed by atoms with E-state index in [-0.39, 0.29) is 14.5 Å². The van der Waals surface area contributed by atoms with Crippen molar-refractivity contribution < 1.29 is 14.1 Å². The van der Waals surface area contributed by atoms with Crippen molar-refractivity contribution in [3.8, 4) is 11.4 Å². The summed E-state index contributed by atoms with van der Waals surface area (Å²) < 4.78 is 19.7. The molecule has 1 heterocycles. The second kappa shape index (κ2) is 19.7. The number of fused-ring (bicyclic) bond motifs is 3. The zero-order valence-corrected chi connectivity index (χ0v) is 29.8. The number of rotatable bonds is 12. The molecule has 1 aromatic heterocycles. The van der Waals surface area contributed by atoms with Gasteiger partial charge >= 0.3 is 196 Å². The van der Waals surface area contributed by atoms with Crippen LogP contribution in [0.4, 0.5) is 0 Å². The second-order valence-corrected chi connectivity index (χ2v) is 14.4. The average Bonchev–Trinajstić information content (AvgIpc) is 3.41. The average molecular weight is 667 g/mol. The van der Waals surface area contributed by atoms with Crippen molar-refractivity contribution in [3.05, 3.63) is 77.4 Å². The molecule has 0 saturated heterocycles. The molecule has 1 saturated carbocycles. The van der Waals surface area contributed by atoms with Crippen molar-refractivity contribution in [3.63, 3.8) is 0 Å². The number of aryl methyl sites for hydroxylation is 2. The van der Waals surface area contributed by atoms with Crippen molar-refractivity contribution in [2.45, 2.75) is 129 Å². The molecule has 4 aromatic rings. The van der Waals surface area contributed by atoms with Gasteiger partial charge in [0.05, 0.1) is 0 Å². The molecule has 1 fully saturated rings. The second-order valence-electron chi connectivity index (χ2n) is 13.9. The van der Waals surface area contributed by atoms with Crippen LogP contribution in [0.15, 0.2) is 60.7 Å². The van der Waals surface area contributed by atoms with E-state index in [1.54, 1.807) is 0 Å². The number of ether oxygens (including phenoxy) is 1. The topological polar surface area (TPSA) is 74.3 Å². The van der Waals surface area contributed by atoms with E-state index in [2.05, 4.69) is 58.7 Å². The van der Waals surface area contributed by atoms with Gasteiger partial charge in [0.25, 0.3) is 0 Å². The van der Waals surface area contributed by atoms with Crippen LogP contribution in [0.2, 0.25) is 0 Å². The number of amides is 1. The van der Waals surface area contributed by atoms with E-state index in [0.717, 1.165) is 48.5 Å². The molecule has 0 bridgehead atoms. The number of unbranched alkanes of at least 4 members (excludes halogenated alkanes) is 3. The fourth-order valence-corrected chi connectivity index (χ4v) is 7.96. The maximum absolute atomic E-state index is 12.8. The Hall–Kier alpha value is -3.26. The number of nitrogens with two attached hydrogens (primary N) is 1. The summed E-state index contributed by atoms with van der Waals surface area (Å²) in [4.78, 5) is 12.8. The number of carbonyl (C=O) groups excluding carboxylic acids is 1. The van der Waals surface area contributed by atoms with Crippen molar-refractivity contribution in [1.82, 2.24) is 4.57 Å². The van der Waals surface area contributed by atoms with Gasteiger partial charge in [0.1, 0.15) is 0 Å². The summed E-state index contributed by atoms with van der Waals surface area (Å²) in [5.74, 6) is 0.899. The monoisotopic (exact) mass is 666 g/mol. The molecular weight excluding hydrogens is 611 g/mol. The SMILES string of the molecule is NC(=O)c1cccc2c1c1cc(OCC#P=O)cc(CCCCCCc3ccccc3)c1n2CC1CCCCCCCCCCCCC1. The molecule has 0 atom stereocenters. The molecule has 5 nitrogen and oxygen atoms in total. The Kier molecular flexibility index (Phi) is 14.8. The summed E-state index contributed by atoms with van der Waals surface area (Å²) in [6.07, 6.45) is 24.0. The first-order valence-electron chi connectivity index (χ1n) is 18.8. The molecule has 3 aromatic carbocycles. The summed E-state index contributed by atoms with van der Waals surface area (Å²) in [6, 6.07) is 21.0. The molecule has 256 valence electrons. The van der Waals surface area contributed by atoms with Gasteiger partial charge in [-0.05, 0) is 5.56 Å². The molecule has 0 aliphatic heterocycles. The molecule has 5 rings (SSSR count). The zero-order chi connectivity index (χ0) is 33.4. The quantitative estimate of drug-likeness (QED) is 0.121. The first-order chi connectivity index (χ1) is 23.7. The van der Waals surface area contributed by atoms with Crippen LogP contribution in [0.1, 0.15) is 131 Å². The van der Waals surface area contributed by atoms with E-state index in [1.165, 1.54) is 113 Å². The van der Waals surface area contributed by atoms with Gasteiger partial charge in [-0.1, -0.05) is 88.1 Å². The Morgan fingerprint density at radius 2 is 1.44 bits per heavy atom. The van der Waals surface area contributed by atoms with Crippen molar-refractivity contribution >= 4 is 35.6 Å². The van der Waals surface area contributed by atoms with Crippen LogP contribution in [-0.4, -0.2) is 17.1 Å². The number of hydrogen-bond donors (Lipinski definition) is 1. The van der Waals surface area contributed by atoms with E-state index < -0.39 is 5.91 Å². The Morgan fingerprint density at radius 1 is 0.792 bits per heavy atom. The summed E-state index contributed by atoms with van der Waals surface area (Å²) in [6.45, 7) is 1.09. The van der Waals surface area contributed by atoms with Gasteiger partial charge in [0.2, 0.25) is 0 Å². The van der Waals surface area contributed by atoms with E-state index in [9.17, 15) is 9.36 Å². The molecule has 1 amide bonds. The third-order valence-electron chi connectivity index (χ3n) is 10.3. The predicted molar refractivity (Wildman–Crippen MR) is 201 cm³/mol. The van der Waals surface area contributed by atoms with Gasteiger partial charge in [-0.15, -0.1) is 0 Å². The first-order valence-corrected chi connectivity index (χ1v) is 19.6. The van der Waals surface area contributed by atoms with Crippen LogP contribution in [-0.2, 0) is 24.0 Å². The number of nitrogens with zero attached hydrogens (tertiary/aromatic N) is 1. The zero-order valence-electron chi connectivity index (χ0n) is 28.9. The van der Waals surface area contributed by atoms with E-state index in [4.69, 9.17) is 10.5 Å². The Morgan fingerprint density at radius 3 is 2.08 bits per heavy atom. The van der Waals surface area contributed by atoms with Gasteiger partial charge in [-0.3, -0.25) is 0 Å². The minimum atomic E-state index is -0.407. The van der Waals surface area contributed by atoms with E-state index in [0.29, 0.717) is 17.2 Å². The van der Waals surface area contributed by atoms with E-state index in [1.807, 2.05) is 12.1 Å². The summed E-state index contributed by atoms with van der Waals surface area (Å²) in [5, 5.41) is 1.95. The van der Waals surface area contributed by atoms with Crippen LogP contribution in [0.25, 0.3) is 21.8 Å².